The molecule has 1 aromatic rings. The van der Waals surface area contributed by atoms with Gasteiger partial charge in [0.2, 0.25) is 5.91 Å². The van der Waals surface area contributed by atoms with E-state index in [0.29, 0.717) is 0 Å². The first kappa shape index (κ1) is 16.0. The number of hydrogen-bond donors (Lipinski definition) is 2. The van der Waals surface area contributed by atoms with E-state index >= 15 is 0 Å². The molecule has 1 aliphatic heterocycles. The van der Waals surface area contributed by atoms with E-state index in [0.717, 1.165) is 38.8 Å². The van der Waals surface area contributed by atoms with E-state index in [9.17, 15) is 4.79 Å². The van der Waals surface area contributed by atoms with Crippen LogP contribution < -0.4 is 10.6 Å². The Morgan fingerprint density at radius 2 is 2.19 bits per heavy atom. The zero-order valence-electron chi connectivity index (χ0n) is 13.5. The lowest BCUT2D eigenvalue weighted by Crippen LogP contribution is -2.50. The fourth-order valence-electron chi connectivity index (χ4n) is 3.47. The lowest BCUT2D eigenvalue weighted by atomic mass is 9.76. The van der Waals surface area contributed by atoms with Gasteiger partial charge < -0.3 is 10.6 Å². The molecule has 116 valence electrons. The molecule has 1 saturated heterocycles. The number of carbonyl (C=O) groups is 1. The average molecular weight is 288 g/mol. The first-order valence-corrected chi connectivity index (χ1v) is 8.16. The third-order valence-corrected chi connectivity index (χ3v) is 4.69. The zero-order chi connectivity index (χ0) is 15.3. The third-order valence-electron chi connectivity index (χ3n) is 4.69. The summed E-state index contributed by atoms with van der Waals surface area (Å²) >= 11 is 0. The van der Waals surface area contributed by atoms with Gasteiger partial charge in [0.05, 0.1) is 11.5 Å². The van der Waals surface area contributed by atoms with Crippen molar-refractivity contribution in [3.8, 4) is 0 Å². The Morgan fingerprint density at radius 1 is 1.43 bits per heavy atom. The summed E-state index contributed by atoms with van der Waals surface area (Å²) in [6, 6.07) is 8.34. The number of aryl methyl sites for hydroxylation is 1. The zero-order valence-corrected chi connectivity index (χ0v) is 13.5. The van der Waals surface area contributed by atoms with Crippen LogP contribution in [0.15, 0.2) is 24.3 Å². The standard InChI is InChI=1S/C18H28N2O/c1-4-10-18(11-7-12-19-13-18)17(21)20-15(3)16-9-6-5-8-14(16)2/h5-6,8-9,15,19H,4,7,10-13H2,1-3H3,(H,20,21)/t15-,18?/m1/s1. The van der Waals surface area contributed by atoms with Crippen LogP contribution in [0.5, 0.6) is 0 Å². The van der Waals surface area contributed by atoms with Gasteiger partial charge in [-0.25, -0.2) is 0 Å². The summed E-state index contributed by atoms with van der Waals surface area (Å²) in [5.41, 5.74) is 2.22. The molecular weight excluding hydrogens is 260 g/mol. The molecule has 0 aromatic heterocycles. The lowest BCUT2D eigenvalue weighted by molar-refractivity contribution is -0.133. The van der Waals surface area contributed by atoms with Crippen molar-refractivity contribution in [3.05, 3.63) is 35.4 Å². The molecule has 2 N–H and O–H groups in total. The van der Waals surface area contributed by atoms with Crippen LogP contribution in [0.2, 0.25) is 0 Å². The van der Waals surface area contributed by atoms with E-state index in [2.05, 4.69) is 43.5 Å². The van der Waals surface area contributed by atoms with Crippen LogP contribution in [0.4, 0.5) is 0 Å². The summed E-state index contributed by atoms with van der Waals surface area (Å²) in [6.45, 7) is 8.19. The molecule has 3 heteroatoms. The number of rotatable bonds is 5. The summed E-state index contributed by atoms with van der Waals surface area (Å²) in [5.74, 6) is 0.215. The normalized spacial score (nSPS) is 23.6. The van der Waals surface area contributed by atoms with E-state index in [4.69, 9.17) is 0 Å². The molecule has 1 amide bonds. The van der Waals surface area contributed by atoms with Gasteiger partial charge in [-0.2, -0.15) is 0 Å². The molecule has 3 nitrogen and oxygen atoms in total. The Balaban J connectivity index is 2.10. The second kappa shape index (κ2) is 7.08. The third kappa shape index (κ3) is 3.65. The molecule has 0 spiro atoms. The predicted octanol–water partition coefficient (Wildman–Crippen LogP) is 3.34. The molecule has 0 bridgehead atoms. The van der Waals surface area contributed by atoms with Crippen molar-refractivity contribution in [2.24, 2.45) is 5.41 Å². The Labute approximate surface area is 128 Å². The SMILES string of the molecule is CCCC1(C(=O)N[C@H](C)c2ccccc2C)CCCNC1. The van der Waals surface area contributed by atoms with Crippen LogP contribution in [0, 0.1) is 12.3 Å². The summed E-state index contributed by atoms with van der Waals surface area (Å²) < 4.78 is 0. The highest BCUT2D eigenvalue weighted by molar-refractivity contribution is 5.83. The molecule has 1 aliphatic rings. The van der Waals surface area contributed by atoms with Gasteiger partial charge in [0.25, 0.3) is 0 Å². The number of amides is 1. The average Bonchev–Trinajstić information content (AvgIpc) is 2.48. The maximum absolute atomic E-state index is 12.9. The van der Waals surface area contributed by atoms with Crippen molar-refractivity contribution < 1.29 is 4.79 Å². The maximum Gasteiger partial charge on any atom is 0.227 e. The van der Waals surface area contributed by atoms with Crippen molar-refractivity contribution in [2.45, 2.75) is 52.5 Å². The first-order valence-electron chi connectivity index (χ1n) is 8.16. The Bertz CT molecular complexity index is 472. The summed E-state index contributed by atoms with van der Waals surface area (Å²) in [7, 11) is 0. The van der Waals surface area contributed by atoms with Crippen LogP contribution in [-0.2, 0) is 4.79 Å². The summed E-state index contributed by atoms with van der Waals surface area (Å²) in [5, 5.41) is 6.66. The van der Waals surface area contributed by atoms with E-state index in [-0.39, 0.29) is 17.4 Å². The van der Waals surface area contributed by atoms with Gasteiger partial charge in [-0.1, -0.05) is 37.6 Å². The Kier molecular flexibility index (Phi) is 5.40. The second-order valence-corrected chi connectivity index (χ2v) is 6.36. The van der Waals surface area contributed by atoms with Crippen molar-refractivity contribution in [3.63, 3.8) is 0 Å². The highest BCUT2D eigenvalue weighted by atomic mass is 16.2. The molecule has 21 heavy (non-hydrogen) atoms. The molecule has 1 aromatic carbocycles. The van der Waals surface area contributed by atoms with Crippen molar-refractivity contribution >= 4 is 5.91 Å². The minimum Gasteiger partial charge on any atom is -0.349 e. The highest BCUT2D eigenvalue weighted by Gasteiger charge is 2.39. The fraction of sp³-hybridized carbons (Fsp3) is 0.611. The van der Waals surface area contributed by atoms with Crippen LogP contribution >= 0.6 is 0 Å². The smallest absolute Gasteiger partial charge is 0.227 e. The van der Waals surface area contributed by atoms with Gasteiger partial charge in [-0.3, -0.25) is 4.79 Å². The fourth-order valence-corrected chi connectivity index (χ4v) is 3.47. The quantitative estimate of drug-likeness (QED) is 0.872. The van der Waals surface area contributed by atoms with E-state index < -0.39 is 0 Å². The molecule has 0 aliphatic carbocycles. The molecule has 1 heterocycles. The largest absolute Gasteiger partial charge is 0.349 e. The number of benzene rings is 1. The van der Waals surface area contributed by atoms with Crippen molar-refractivity contribution in [2.75, 3.05) is 13.1 Å². The maximum atomic E-state index is 12.9. The molecule has 0 saturated carbocycles. The highest BCUT2D eigenvalue weighted by Crippen LogP contribution is 2.33. The van der Waals surface area contributed by atoms with E-state index in [1.807, 2.05) is 12.1 Å². The van der Waals surface area contributed by atoms with Crippen LogP contribution in [-0.4, -0.2) is 19.0 Å². The monoisotopic (exact) mass is 288 g/mol. The number of hydrogen-bond acceptors (Lipinski definition) is 2. The van der Waals surface area contributed by atoms with Gasteiger partial charge in [0.15, 0.2) is 0 Å². The Morgan fingerprint density at radius 3 is 2.81 bits per heavy atom. The van der Waals surface area contributed by atoms with Crippen molar-refractivity contribution in [1.29, 1.82) is 0 Å². The molecule has 2 rings (SSSR count). The number of carbonyl (C=O) groups excluding carboxylic acids is 1. The van der Waals surface area contributed by atoms with E-state index in [1.54, 1.807) is 0 Å². The number of nitrogens with one attached hydrogen (secondary N) is 2. The van der Waals surface area contributed by atoms with Gasteiger partial charge in [0, 0.05) is 6.54 Å². The number of piperidine rings is 1. The molecule has 1 fully saturated rings. The molecule has 0 radical (unpaired) electrons. The predicted molar refractivity (Wildman–Crippen MR) is 87.2 cm³/mol. The summed E-state index contributed by atoms with van der Waals surface area (Å²) in [6.07, 6.45) is 4.10. The van der Waals surface area contributed by atoms with Crippen molar-refractivity contribution in [1.82, 2.24) is 10.6 Å². The van der Waals surface area contributed by atoms with Gasteiger partial charge in [-0.15, -0.1) is 0 Å². The van der Waals surface area contributed by atoms with Gasteiger partial charge in [0.1, 0.15) is 0 Å². The van der Waals surface area contributed by atoms with Crippen LogP contribution in [0.25, 0.3) is 0 Å². The minimum absolute atomic E-state index is 0.0642. The van der Waals surface area contributed by atoms with Crippen LogP contribution in [0.1, 0.15) is 56.7 Å². The first-order chi connectivity index (χ1) is 10.1. The molecular formula is C18H28N2O. The minimum atomic E-state index is -0.218. The summed E-state index contributed by atoms with van der Waals surface area (Å²) in [4.78, 5) is 12.9. The van der Waals surface area contributed by atoms with Gasteiger partial charge in [-0.05, 0) is 50.8 Å². The molecule has 1 unspecified atom stereocenters. The second-order valence-electron chi connectivity index (χ2n) is 6.36. The van der Waals surface area contributed by atoms with E-state index in [1.165, 1.54) is 11.1 Å². The van der Waals surface area contributed by atoms with Gasteiger partial charge >= 0.3 is 0 Å². The Hall–Kier alpha value is -1.35. The van der Waals surface area contributed by atoms with Crippen LogP contribution in [0.3, 0.4) is 0 Å². The topological polar surface area (TPSA) is 41.1 Å². The lowest BCUT2D eigenvalue weighted by Gasteiger charge is -2.37. The molecule has 2 atom stereocenters.